The van der Waals surface area contributed by atoms with Gasteiger partial charge in [0.1, 0.15) is 10.6 Å². The van der Waals surface area contributed by atoms with Gasteiger partial charge in [-0.1, -0.05) is 24.2 Å². The Labute approximate surface area is 185 Å². The van der Waals surface area contributed by atoms with Crippen molar-refractivity contribution in [1.82, 2.24) is 13.7 Å². The minimum Gasteiger partial charge on any atom is -0.495 e. The number of methoxy groups -OCH3 is 1. The van der Waals surface area contributed by atoms with E-state index in [4.69, 9.17) is 4.74 Å². The van der Waals surface area contributed by atoms with E-state index in [1.54, 1.807) is 18.3 Å². The molecule has 1 aliphatic heterocycles. The molecule has 31 heavy (non-hydrogen) atoms. The highest BCUT2D eigenvalue weighted by Gasteiger charge is 2.29. The predicted molar refractivity (Wildman–Crippen MR) is 120 cm³/mol. The van der Waals surface area contributed by atoms with Crippen molar-refractivity contribution in [2.75, 3.05) is 31.3 Å². The standard InChI is InChI=1S/C21H24N4O4S2/c1-29-18-9-8-16(13-19(18)31(27,28)24-10-4-2-5-11-24)23-20(26)15-30-21-22-14-17-7-3-6-12-25(17)21/h3,6-9,12-14H,2,4-5,10-11,15H2,1H3,(H,23,26). The van der Waals surface area contributed by atoms with Crippen molar-refractivity contribution >= 4 is 38.9 Å². The topological polar surface area (TPSA) is 93.0 Å². The van der Waals surface area contributed by atoms with Gasteiger partial charge in [0.15, 0.2) is 5.16 Å². The Kier molecular flexibility index (Phi) is 6.49. The normalized spacial score (nSPS) is 15.1. The summed E-state index contributed by atoms with van der Waals surface area (Å²) in [6, 6.07) is 10.5. The minimum absolute atomic E-state index is 0.0709. The van der Waals surface area contributed by atoms with Gasteiger partial charge in [-0.2, -0.15) is 4.31 Å². The second-order valence-corrected chi connectivity index (χ2v) is 10.1. The van der Waals surface area contributed by atoms with Crippen LogP contribution in [0.1, 0.15) is 19.3 Å². The lowest BCUT2D eigenvalue weighted by Gasteiger charge is -2.26. The fourth-order valence-corrected chi connectivity index (χ4v) is 6.02. The van der Waals surface area contributed by atoms with E-state index in [-0.39, 0.29) is 22.3 Å². The number of imidazole rings is 1. The van der Waals surface area contributed by atoms with Crippen LogP contribution >= 0.6 is 11.8 Å². The molecule has 0 bridgehead atoms. The molecule has 1 fully saturated rings. The molecule has 3 heterocycles. The number of hydrogen-bond acceptors (Lipinski definition) is 6. The third kappa shape index (κ3) is 4.70. The number of hydrogen-bond donors (Lipinski definition) is 1. The van der Waals surface area contributed by atoms with Gasteiger partial charge in [0, 0.05) is 25.0 Å². The summed E-state index contributed by atoms with van der Waals surface area (Å²) in [6.45, 7) is 0.994. The molecule has 2 aromatic heterocycles. The van der Waals surface area contributed by atoms with E-state index in [2.05, 4.69) is 10.3 Å². The van der Waals surface area contributed by atoms with Crippen LogP contribution in [0.5, 0.6) is 5.75 Å². The van der Waals surface area contributed by atoms with Crippen LogP contribution in [0.25, 0.3) is 5.52 Å². The maximum absolute atomic E-state index is 13.1. The second kappa shape index (κ2) is 9.29. The molecule has 1 saturated heterocycles. The van der Waals surface area contributed by atoms with Crippen LogP contribution in [0.4, 0.5) is 5.69 Å². The van der Waals surface area contributed by atoms with Crippen LogP contribution in [-0.2, 0) is 14.8 Å². The molecule has 1 aromatic carbocycles. The van der Waals surface area contributed by atoms with E-state index in [0.29, 0.717) is 23.9 Å². The highest BCUT2D eigenvalue weighted by atomic mass is 32.2. The molecule has 0 atom stereocenters. The number of rotatable bonds is 7. The average molecular weight is 461 g/mol. The van der Waals surface area contributed by atoms with Gasteiger partial charge in [0.05, 0.1) is 24.6 Å². The van der Waals surface area contributed by atoms with Crippen molar-refractivity contribution in [3.8, 4) is 5.75 Å². The van der Waals surface area contributed by atoms with E-state index in [0.717, 1.165) is 24.8 Å². The number of amides is 1. The number of ether oxygens (including phenoxy) is 1. The number of nitrogens with one attached hydrogen (secondary N) is 1. The van der Waals surface area contributed by atoms with Crippen molar-refractivity contribution in [3.05, 3.63) is 48.8 Å². The van der Waals surface area contributed by atoms with Crippen LogP contribution in [0.2, 0.25) is 0 Å². The highest BCUT2D eigenvalue weighted by molar-refractivity contribution is 7.99. The SMILES string of the molecule is COc1ccc(NC(=O)CSc2ncc3ccccn23)cc1S(=O)(=O)N1CCCCC1. The Bertz CT molecular complexity index is 1190. The predicted octanol–water partition coefficient (Wildman–Crippen LogP) is 3.25. The first-order chi connectivity index (χ1) is 15.0. The minimum atomic E-state index is -3.70. The lowest BCUT2D eigenvalue weighted by molar-refractivity contribution is -0.113. The molecule has 0 spiro atoms. The number of carbonyl (C=O) groups excluding carboxylic acids is 1. The summed E-state index contributed by atoms with van der Waals surface area (Å²) in [5.41, 5.74) is 1.36. The first-order valence-corrected chi connectivity index (χ1v) is 12.4. The summed E-state index contributed by atoms with van der Waals surface area (Å²) < 4.78 is 34.9. The number of benzene rings is 1. The number of piperidine rings is 1. The van der Waals surface area contributed by atoms with Gasteiger partial charge in [0.25, 0.3) is 0 Å². The number of carbonyl (C=O) groups is 1. The van der Waals surface area contributed by atoms with E-state index in [1.807, 2.05) is 28.8 Å². The second-order valence-electron chi connectivity index (χ2n) is 7.20. The summed E-state index contributed by atoms with van der Waals surface area (Å²) in [6.07, 6.45) is 6.36. The Morgan fingerprint density at radius 3 is 2.77 bits per heavy atom. The Balaban J connectivity index is 1.48. The van der Waals surface area contributed by atoms with Crippen LogP contribution in [0.15, 0.2) is 58.8 Å². The van der Waals surface area contributed by atoms with Crippen molar-refractivity contribution in [1.29, 1.82) is 0 Å². The lowest BCUT2D eigenvalue weighted by Crippen LogP contribution is -2.35. The molecule has 0 unspecified atom stereocenters. The van der Waals surface area contributed by atoms with Gasteiger partial charge >= 0.3 is 0 Å². The van der Waals surface area contributed by atoms with Gasteiger partial charge in [-0.3, -0.25) is 9.20 Å². The maximum Gasteiger partial charge on any atom is 0.246 e. The largest absolute Gasteiger partial charge is 0.495 e. The highest BCUT2D eigenvalue weighted by Crippen LogP contribution is 2.31. The fraction of sp³-hybridized carbons (Fsp3) is 0.333. The number of fused-ring (bicyclic) bond motifs is 1. The van der Waals surface area contributed by atoms with Crippen LogP contribution in [0, 0.1) is 0 Å². The van der Waals surface area contributed by atoms with E-state index in [9.17, 15) is 13.2 Å². The van der Waals surface area contributed by atoms with E-state index < -0.39 is 10.0 Å². The van der Waals surface area contributed by atoms with Gasteiger partial charge in [-0.15, -0.1) is 0 Å². The monoisotopic (exact) mass is 460 g/mol. The first kappa shape index (κ1) is 21.7. The third-order valence-electron chi connectivity index (χ3n) is 5.12. The van der Waals surface area contributed by atoms with Crippen LogP contribution < -0.4 is 10.1 Å². The number of thioether (sulfide) groups is 1. The number of sulfonamides is 1. The van der Waals surface area contributed by atoms with Crippen LogP contribution in [-0.4, -0.2) is 54.0 Å². The van der Waals surface area contributed by atoms with Crippen molar-refractivity contribution < 1.29 is 17.9 Å². The Morgan fingerprint density at radius 1 is 1.19 bits per heavy atom. The number of nitrogens with zero attached hydrogens (tertiary/aromatic N) is 3. The summed E-state index contributed by atoms with van der Waals surface area (Å²) >= 11 is 1.31. The summed E-state index contributed by atoms with van der Waals surface area (Å²) in [4.78, 5) is 16.9. The zero-order chi connectivity index (χ0) is 21.8. The molecule has 0 aliphatic carbocycles. The Hall–Kier alpha value is -2.56. The van der Waals surface area contributed by atoms with Gasteiger partial charge < -0.3 is 10.1 Å². The molecule has 8 nitrogen and oxygen atoms in total. The maximum atomic E-state index is 13.1. The zero-order valence-electron chi connectivity index (χ0n) is 17.2. The molecule has 0 saturated carbocycles. The molecule has 1 amide bonds. The van der Waals surface area contributed by atoms with Crippen LogP contribution in [0.3, 0.4) is 0 Å². The number of aromatic nitrogens is 2. The lowest BCUT2D eigenvalue weighted by atomic mass is 10.2. The molecular formula is C21H24N4O4S2. The van der Waals surface area contributed by atoms with Crippen molar-refractivity contribution in [2.45, 2.75) is 29.3 Å². The molecule has 1 aliphatic rings. The number of pyridine rings is 1. The molecule has 10 heteroatoms. The fourth-order valence-electron chi connectivity index (χ4n) is 3.55. The summed E-state index contributed by atoms with van der Waals surface area (Å²) in [5, 5.41) is 3.50. The molecule has 1 N–H and O–H groups in total. The smallest absolute Gasteiger partial charge is 0.246 e. The average Bonchev–Trinajstić information content (AvgIpc) is 3.21. The number of anilines is 1. The molecule has 0 radical (unpaired) electrons. The molecular weight excluding hydrogens is 436 g/mol. The zero-order valence-corrected chi connectivity index (χ0v) is 18.8. The quantitative estimate of drug-likeness (QED) is 0.544. The summed E-state index contributed by atoms with van der Waals surface area (Å²) in [7, 11) is -2.26. The van der Waals surface area contributed by atoms with Crippen molar-refractivity contribution in [2.24, 2.45) is 0 Å². The van der Waals surface area contributed by atoms with Gasteiger partial charge in [0.2, 0.25) is 15.9 Å². The van der Waals surface area contributed by atoms with E-state index >= 15 is 0 Å². The first-order valence-electron chi connectivity index (χ1n) is 10.0. The molecule has 4 rings (SSSR count). The van der Waals surface area contributed by atoms with Gasteiger partial charge in [-0.05, 0) is 43.2 Å². The molecule has 3 aromatic rings. The molecule has 164 valence electrons. The summed E-state index contributed by atoms with van der Waals surface area (Å²) in [5.74, 6) is 0.166. The van der Waals surface area contributed by atoms with Gasteiger partial charge in [-0.25, -0.2) is 13.4 Å². The Morgan fingerprint density at radius 2 is 2.00 bits per heavy atom. The van der Waals surface area contributed by atoms with E-state index in [1.165, 1.54) is 29.2 Å². The van der Waals surface area contributed by atoms with Crippen molar-refractivity contribution in [3.63, 3.8) is 0 Å². The third-order valence-corrected chi connectivity index (χ3v) is 8.00.